The van der Waals surface area contributed by atoms with Crippen molar-refractivity contribution < 1.29 is 9.13 Å². The highest BCUT2D eigenvalue weighted by atomic mass is 19.1. The third kappa shape index (κ3) is 3.80. The Morgan fingerprint density at radius 2 is 2.15 bits per heavy atom. The van der Waals surface area contributed by atoms with E-state index >= 15 is 0 Å². The predicted octanol–water partition coefficient (Wildman–Crippen LogP) is 4.43. The molecule has 0 bridgehead atoms. The van der Waals surface area contributed by atoms with Crippen molar-refractivity contribution in [2.45, 2.75) is 52.7 Å². The van der Waals surface area contributed by atoms with E-state index in [0.29, 0.717) is 22.5 Å². The lowest BCUT2D eigenvalue weighted by Gasteiger charge is -2.38. The molecule has 0 radical (unpaired) electrons. The maximum Gasteiger partial charge on any atom is 0.130 e. The van der Waals surface area contributed by atoms with Crippen LogP contribution >= 0.6 is 0 Å². The number of hydrogen-bond acceptors (Lipinski definition) is 2. The molecule has 1 aromatic rings. The Labute approximate surface area is 120 Å². The van der Waals surface area contributed by atoms with Gasteiger partial charge in [0.1, 0.15) is 5.82 Å². The quantitative estimate of drug-likeness (QED) is 0.817. The average Bonchev–Trinajstić information content (AvgIpc) is 2.34. The molecular weight excluding hydrogens is 253 g/mol. The molecule has 1 aliphatic rings. The smallest absolute Gasteiger partial charge is 0.130 e. The van der Waals surface area contributed by atoms with Gasteiger partial charge in [0.25, 0.3) is 0 Å². The van der Waals surface area contributed by atoms with E-state index in [4.69, 9.17) is 10.00 Å². The van der Waals surface area contributed by atoms with Crippen LogP contribution in [-0.4, -0.2) is 6.10 Å². The number of ether oxygens (including phenoxy) is 1. The van der Waals surface area contributed by atoms with Gasteiger partial charge < -0.3 is 4.74 Å². The van der Waals surface area contributed by atoms with Crippen LogP contribution in [-0.2, 0) is 11.3 Å². The molecule has 1 fully saturated rings. The van der Waals surface area contributed by atoms with Crippen LogP contribution in [0.5, 0.6) is 0 Å². The highest BCUT2D eigenvalue weighted by molar-refractivity contribution is 5.32. The molecule has 2 nitrogen and oxygen atoms in total. The van der Waals surface area contributed by atoms with Gasteiger partial charge in [-0.2, -0.15) is 5.26 Å². The summed E-state index contributed by atoms with van der Waals surface area (Å²) in [6.07, 6.45) is 3.48. The molecular formula is C17H22FNO. The van der Waals surface area contributed by atoms with Crippen LogP contribution in [0.2, 0.25) is 0 Å². The number of benzene rings is 1. The number of halogens is 1. The van der Waals surface area contributed by atoms with Crippen LogP contribution in [0.4, 0.5) is 4.39 Å². The largest absolute Gasteiger partial charge is 0.373 e. The number of hydrogen-bond donors (Lipinski definition) is 0. The van der Waals surface area contributed by atoms with Gasteiger partial charge in [0, 0.05) is 5.56 Å². The summed E-state index contributed by atoms with van der Waals surface area (Å²) in [5.74, 6) is 0.293. The van der Waals surface area contributed by atoms with Gasteiger partial charge in [0.15, 0.2) is 0 Å². The maximum absolute atomic E-state index is 13.8. The normalized spacial score (nSPS) is 25.1. The minimum atomic E-state index is -0.354. The first-order valence-electron chi connectivity index (χ1n) is 7.20. The van der Waals surface area contributed by atoms with Gasteiger partial charge in [-0.1, -0.05) is 26.8 Å². The van der Waals surface area contributed by atoms with Gasteiger partial charge in [-0.05, 0) is 42.7 Å². The Bertz CT molecular complexity index is 518. The molecule has 1 aromatic carbocycles. The highest BCUT2D eigenvalue weighted by Crippen LogP contribution is 2.39. The minimum Gasteiger partial charge on any atom is -0.373 e. The van der Waals surface area contributed by atoms with E-state index in [9.17, 15) is 4.39 Å². The average molecular weight is 275 g/mol. The molecule has 0 N–H and O–H groups in total. The van der Waals surface area contributed by atoms with E-state index in [1.54, 1.807) is 12.1 Å². The molecule has 0 aromatic heterocycles. The Morgan fingerprint density at radius 1 is 1.40 bits per heavy atom. The molecule has 0 saturated heterocycles. The van der Waals surface area contributed by atoms with E-state index in [1.165, 1.54) is 12.5 Å². The van der Waals surface area contributed by atoms with E-state index < -0.39 is 0 Å². The molecule has 20 heavy (non-hydrogen) atoms. The fraction of sp³-hybridized carbons (Fsp3) is 0.588. The second kappa shape index (κ2) is 5.93. The first kappa shape index (κ1) is 15.0. The summed E-state index contributed by atoms with van der Waals surface area (Å²) in [6.45, 7) is 7.06. The van der Waals surface area contributed by atoms with E-state index in [1.807, 2.05) is 6.07 Å². The van der Waals surface area contributed by atoms with E-state index in [2.05, 4.69) is 20.8 Å². The van der Waals surface area contributed by atoms with Crippen molar-refractivity contribution in [1.82, 2.24) is 0 Å². The summed E-state index contributed by atoms with van der Waals surface area (Å²) >= 11 is 0. The van der Waals surface area contributed by atoms with Crippen molar-refractivity contribution in [2.24, 2.45) is 11.3 Å². The Hall–Kier alpha value is -1.40. The van der Waals surface area contributed by atoms with Gasteiger partial charge >= 0.3 is 0 Å². The van der Waals surface area contributed by atoms with Crippen molar-refractivity contribution in [2.75, 3.05) is 0 Å². The zero-order chi connectivity index (χ0) is 14.8. The standard InChI is InChI=1S/C17H22FNO/c1-12-6-15(9-17(2,3)8-12)20-11-14-5-4-13(10-19)7-16(14)18/h4-5,7,12,15H,6,8-9,11H2,1-3H3. The van der Waals surface area contributed by atoms with Gasteiger partial charge in [-0.3, -0.25) is 0 Å². The Kier molecular flexibility index (Phi) is 4.45. The number of nitrogens with zero attached hydrogens (tertiary/aromatic N) is 1. The highest BCUT2D eigenvalue weighted by Gasteiger charge is 2.32. The van der Waals surface area contributed by atoms with E-state index in [0.717, 1.165) is 12.8 Å². The predicted molar refractivity (Wildman–Crippen MR) is 76.5 cm³/mol. The third-order valence-corrected chi connectivity index (χ3v) is 4.00. The van der Waals surface area contributed by atoms with Crippen molar-refractivity contribution in [1.29, 1.82) is 5.26 Å². The molecule has 108 valence electrons. The lowest BCUT2D eigenvalue weighted by Crippen LogP contribution is -2.32. The molecule has 0 heterocycles. The van der Waals surface area contributed by atoms with Crippen molar-refractivity contribution in [3.8, 4) is 6.07 Å². The monoisotopic (exact) mass is 275 g/mol. The van der Waals surface area contributed by atoms with Crippen molar-refractivity contribution in [3.63, 3.8) is 0 Å². The molecule has 1 aliphatic carbocycles. The zero-order valence-corrected chi connectivity index (χ0v) is 12.4. The summed E-state index contributed by atoms with van der Waals surface area (Å²) in [4.78, 5) is 0. The van der Waals surface area contributed by atoms with Crippen LogP contribution in [0.3, 0.4) is 0 Å². The lowest BCUT2D eigenvalue weighted by atomic mass is 9.71. The van der Waals surface area contributed by atoms with Gasteiger partial charge in [-0.25, -0.2) is 4.39 Å². The summed E-state index contributed by atoms with van der Waals surface area (Å²) in [7, 11) is 0. The lowest BCUT2D eigenvalue weighted by molar-refractivity contribution is -0.0324. The third-order valence-electron chi connectivity index (χ3n) is 4.00. The topological polar surface area (TPSA) is 33.0 Å². The van der Waals surface area contributed by atoms with Gasteiger partial charge in [0.05, 0.1) is 24.3 Å². The SMILES string of the molecule is CC1CC(OCc2ccc(C#N)cc2F)CC(C)(C)C1. The maximum atomic E-state index is 13.8. The molecule has 0 amide bonds. The van der Waals surface area contributed by atoms with Crippen molar-refractivity contribution in [3.05, 3.63) is 35.1 Å². The van der Waals surface area contributed by atoms with Crippen LogP contribution in [0.1, 0.15) is 51.2 Å². The Balaban J connectivity index is 1.97. The second-order valence-electron chi connectivity index (χ2n) is 6.76. The van der Waals surface area contributed by atoms with Crippen molar-refractivity contribution >= 4 is 0 Å². The minimum absolute atomic E-state index is 0.198. The summed E-state index contributed by atoms with van der Waals surface area (Å²) in [6, 6.07) is 6.48. The fourth-order valence-corrected chi connectivity index (χ4v) is 3.33. The molecule has 2 atom stereocenters. The molecule has 3 heteroatoms. The molecule has 2 rings (SSSR count). The fourth-order valence-electron chi connectivity index (χ4n) is 3.33. The molecule has 0 aliphatic heterocycles. The molecule has 0 spiro atoms. The van der Waals surface area contributed by atoms with Crippen LogP contribution in [0.15, 0.2) is 18.2 Å². The second-order valence-corrected chi connectivity index (χ2v) is 6.76. The summed E-state index contributed by atoms with van der Waals surface area (Å²) in [5.41, 5.74) is 1.17. The first-order valence-corrected chi connectivity index (χ1v) is 7.20. The zero-order valence-electron chi connectivity index (χ0n) is 12.4. The van der Waals surface area contributed by atoms with Crippen LogP contribution in [0.25, 0.3) is 0 Å². The molecule has 1 saturated carbocycles. The number of nitriles is 1. The van der Waals surface area contributed by atoms with Gasteiger partial charge in [0.2, 0.25) is 0 Å². The summed E-state index contributed by atoms with van der Waals surface area (Å²) in [5, 5.41) is 8.73. The first-order chi connectivity index (χ1) is 9.39. The van der Waals surface area contributed by atoms with E-state index in [-0.39, 0.29) is 18.5 Å². The van der Waals surface area contributed by atoms with Crippen LogP contribution in [0, 0.1) is 28.5 Å². The number of rotatable bonds is 3. The Morgan fingerprint density at radius 3 is 2.75 bits per heavy atom. The molecule has 2 unspecified atom stereocenters. The van der Waals surface area contributed by atoms with Crippen LogP contribution < -0.4 is 0 Å². The summed E-state index contributed by atoms with van der Waals surface area (Å²) < 4.78 is 19.7. The van der Waals surface area contributed by atoms with Gasteiger partial charge in [-0.15, -0.1) is 0 Å².